The Kier molecular flexibility index (Phi) is 12.9. The lowest BCUT2D eigenvalue weighted by atomic mass is 9.72. The van der Waals surface area contributed by atoms with Gasteiger partial charge in [0, 0.05) is 72.4 Å². The second-order valence-electron chi connectivity index (χ2n) is 20.2. The van der Waals surface area contributed by atoms with Gasteiger partial charge in [-0.25, -0.2) is 10.4 Å². The van der Waals surface area contributed by atoms with Crippen LogP contribution in [0.25, 0.3) is 33.4 Å². The maximum absolute atomic E-state index is 15.1. The van der Waals surface area contributed by atoms with Crippen LogP contribution in [0.1, 0.15) is 107 Å². The number of nitrogens with zero attached hydrogens (tertiary/aromatic N) is 5. The lowest BCUT2D eigenvalue weighted by Gasteiger charge is -2.41. The first kappa shape index (κ1) is 45.5. The van der Waals surface area contributed by atoms with E-state index in [1.165, 1.54) is 11.3 Å². The third kappa shape index (κ3) is 8.71. The summed E-state index contributed by atoms with van der Waals surface area (Å²) in [6.07, 6.45) is 8.35. The number of carbonyl (C=O) groups excluding carboxylic acids is 3. The van der Waals surface area contributed by atoms with Crippen LogP contribution in [0.2, 0.25) is 0 Å². The molecule has 2 amide bonds. The molecule has 5 atom stereocenters. The topological polar surface area (TPSA) is 159 Å². The molecule has 11 rings (SSSR count). The number of hydrogen-bond donors (Lipinski definition) is 2. The van der Waals surface area contributed by atoms with E-state index in [1.54, 1.807) is 12.1 Å². The zero-order chi connectivity index (χ0) is 45.7. The van der Waals surface area contributed by atoms with E-state index in [1.807, 2.05) is 26.1 Å². The summed E-state index contributed by atoms with van der Waals surface area (Å²) in [6.45, 7) is 12.9. The predicted octanol–water partition coefficient (Wildman–Crippen LogP) is 6.54. The summed E-state index contributed by atoms with van der Waals surface area (Å²) < 4.78 is 33.0. The summed E-state index contributed by atoms with van der Waals surface area (Å²) in [5.74, 6) is -0.625. The second-order valence-corrected chi connectivity index (χ2v) is 21.1. The molecule has 1 aromatic carbocycles. The molecule has 8 bridgehead atoms. The molecule has 1 aliphatic carbocycles. The molecule has 66 heavy (non-hydrogen) atoms. The molecular weight excluding hydrogens is 859 g/mol. The minimum atomic E-state index is -0.986. The zero-order valence-corrected chi connectivity index (χ0v) is 39.8. The number of cyclic esters (lactones) is 1. The van der Waals surface area contributed by atoms with Crippen LogP contribution in [-0.2, 0) is 51.0 Å². The molecule has 0 unspecified atom stereocenters. The monoisotopic (exact) mass is 923 g/mol. The predicted molar refractivity (Wildman–Crippen MR) is 249 cm³/mol. The maximum Gasteiger partial charge on any atom is 0.324 e. The van der Waals surface area contributed by atoms with Crippen molar-refractivity contribution in [3.8, 4) is 22.5 Å². The molecule has 5 saturated heterocycles. The Labute approximate surface area is 391 Å². The number of esters is 1. The van der Waals surface area contributed by atoms with Gasteiger partial charge in [0.25, 0.3) is 11.8 Å². The van der Waals surface area contributed by atoms with Gasteiger partial charge < -0.3 is 33.6 Å². The van der Waals surface area contributed by atoms with Crippen molar-refractivity contribution in [2.24, 2.45) is 11.3 Å². The van der Waals surface area contributed by atoms with Crippen LogP contribution in [0.15, 0.2) is 41.9 Å². The average molecular weight is 924 g/mol. The number of fused-ring (bicyclic) bond motifs is 7. The number of carbonyl (C=O) groups is 3. The maximum atomic E-state index is 15.1. The van der Waals surface area contributed by atoms with E-state index < -0.39 is 35.1 Å². The zero-order valence-electron chi connectivity index (χ0n) is 39.0. The van der Waals surface area contributed by atoms with Gasteiger partial charge in [0.1, 0.15) is 22.7 Å². The van der Waals surface area contributed by atoms with Crippen LogP contribution in [-0.4, -0.2) is 125 Å². The summed E-state index contributed by atoms with van der Waals surface area (Å²) in [7, 11) is 1.71. The Bertz CT molecular complexity index is 2430. The van der Waals surface area contributed by atoms with E-state index in [0.29, 0.717) is 70.9 Å². The summed E-state index contributed by atoms with van der Waals surface area (Å²) >= 11 is 1.52. The smallest absolute Gasteiger partial charge is 0.324 e. The first-order valence-electron chi connectivity index (χ1n) is 24.2. The van der Waals surface area contributed by atoms with Crippen molar-refractivity contribution in [3.05, 3.63) is 58.2 Å². The van der Waals surface area contributed by atoms with Crippen molar-refractivity contribution >= 4 is 40.0 Å². The third-order valence-corrected chi connectivity index (χ3v) is 15.9. The van der Waals surface area contributed by atoms with Crippen molar-refractivity contribution in [2.75, 3.05) is 53.2 Å². The van der Waals surface area contributed by atoms with Crippen LogP contribution < -0.4 is 10.7 Å². The molecule has 3 aromatic heterocycles. The van der Waals surface area contributed by atoms with Gasteiger partial charge in [-0.2, -0.15) is 0 Å². The Morgan fingerprint density at radius 3 is 2.64 bits per heavy atom. The molecular formula is C50H65N7O8S. The fraction of sp³-hybridized carbons (Fsp3) is 0.620. The first-order valence-corrected chi connectivity index (χ1v) is 25.1. The lowest BCUT2D eigenvalue weighted by molar-refractivity contribution is -0.157. The second kappa shape index (κ2) is 18.7. The Balaban J connectivity index is 1.11. The van der Waals surface area contributed by atoms with E-state index in [0.717, 1.165) is 88.5 Å². The molecule has 15 nitrogen and oxygen atoms in total. The van der Waals surface area contributed by atoms with Gasteiger partial charge in [-0.3, -0.25) is 29.3 Å². The molecule has 6 aliphatic heterocycles. The average Bonchev–Trinajstić information content (AvgIpc) is 4.18. The van der Waals surface area contributed by atoms with Crippen LogP contribution >= 0.6 is 11.3 Å². The number of likely N-dealkylation sites (tertiary alicyclic amines) is 1. The molecule has 16 heteroatoms. The Morgan fingerprint density at radius 1 is 1.08 bits per heavy atom. The molecule has 9 heterocycles. The minimum absolute atomic E-state index is 0.00950. The minimum Gasteiger partial charge on any atom is -0.464 e. The van der Waals surface area contributed by atoms with Crippen molar-refractivity contribution in [1.29, 1.82) is 0 Å². The highest BCUT2D eigenvalue weighted by atomic mass is 32.1. The summed E-state index contributed by atoms with van der Waals surface area (Å²) in [5, 5.41) is 8.70. The third-order valence-electron chi connectivity index (χ3n) is 15.0. The molecule has 0 spiro atoms. The number of methoxy groups -OCH3 is 1. The fourth-order valence-electron chi connectivity index (χ4n) is 11.2. The summed E-state index contributed by atoms with van der Waals surface area (Å²) in [5.41, 5.74) is 8.55. The van der Waals surface area contributed by atoms with Crippen molar-refractivity contribution in [3.63, 3.8) is 0 Å². The highest BCUT2D eigenvalue weighted by molar-refractivity contribution is 7.10. The number of thiazole rings is 1. The largest absolute Gasteiger partial charge is 0.464 e. The quantitative estimate of drug-likeness (QED) is 0.166. The molecule has 4 aromatic rings. The van der Waals surface area contributed by atoms with E-state index in [9.17, 15) is 9.59 Å². The normalized spacial score (nSPS) is 28.8. The lowest BCUT2D eigenvalue weighted by Crippen LogP contribution is -2.64. The number of pyridine rings is 1. The molecule has 6 fully saturated rings. The molecule has 354 valence electrons. The number of hydrazine groups is 1. The van der Waals surface area contributed by atoms with E-state index in [4.69, 9.17) is 33.7 Å². The van der Waals surface area contributed by atoms with Crippen LogP contribution in [0.3, 0.4) is 0 Å². The summed E-state index contributed by atoms with van der Waals surface area (Å²) in [4.78, 5) is 56.2. The number of rotatable bonds is 10. The number of amides is 2. The van der Waals surface area contributed by atoms with Gasteiger partial charge in [-0.1, -0.05) is 19.9 Å². The van der Waals surface area contributed by atoms with Crippen LogP contribution in [0, 0.1) is 11.3 Å². The van der Waals surface area contributed by atoms with Gasteiger partial charge in [0.2, 0.25) is 0 Å². The summed E-state index contributed by atoms with van der Waals surface area (Å²) in [6, 6.07) is 8.40. The van der Waals surface area contributed by atoms with Gasteiger partial charge in [-0.05, 0) is 120 Å². The van der Waals surface area contributed by atoms with E-state index in [2.05, 4.69) is 63.7 Å². The Hall–Kier alpha value is -4.29. The van der Waals surface area contributed by atoms with Crippen LogP contribution in [0.5, 0.6) is 0 Å². The van der Waals surface area contributed by atoms with Crippen molar-refractivity contribution in [2.45, 2.75) is 134 Å². The molecule has 7 aliphatic rings. The van der Waals surface area contributed by atoms with E-state index >= 15 is 4.79 Å². The molecule has 1 saturated carbocycles. The Morgan fingerprint density at radius 2 is 1.88 bits per heavy atom. The van der Waals surface area contributed by atoms with E-state index in [-0.39, 0.29) is 36.7 Å². The van der Waals surface area contributed by atoms with Crippen molar-refractivity contribution < 1.29 is 38.1 Å². The fourth-order valence-corrected chi connectivity index (χ4v) is 12.2. The highest BCUT2D eigenvalue weighted by Gasteiger charge is 2.61. The SMILES string of the molecule is CO[C@@H](C)c1ncccc1-c1c2c3cc(ccc3n1CCOC1CCOCC1)-c1csc(n1)[C@@H](N1CCCC1)[C@H](NC(=O)C13CC(C1)[C@H](C)O3)C(=O)N1CCC[C@H](N1)C(=O)OCC(C)(C)C2. The van der Waals surface area contributed by atoms with Gasteiger partial charge in [0.15, 0.2) is 0 Å². The number of nitrogens with one attached hydrogen (secondary N) is 2. The highest BCUT2D eigenvalue weighted by Crippen LogP contribution is 2.52. The number of ether oxygens (including phenoxy) is 5. The standard InChI is InChI=1S/C50H65N7O8S/c1-30-33-25-50(26-33,65-30)48(60)53-42-44(55-17-6-7-18-55)45-52-39(28-66-45)32-12-13-40-36(24-32)37(27-49(3,4)29-64-47(59)38-11-9-19-57(54-38)46(42)58)43(35-10-8-16-51-41(35)31(2)61-5)56(40)20-23-63-34-14-21-62-22-15-34/h8,10,12-13,16,24,28,30-31,33-34,38,42,44,54H,6-7,9,11,14-15,17-23,25-27,29H2,1-5H3,(H,53,60)/t30-,31-,33?,38-,42-,44-,50?/m0/s1. The van der Waals surface area contributed by atoms with Crippen molar-refractivity contribution in [1.82, 2.24) is 35.2 Å². The van der Waals surface area contributed by atoms with Gasteiger partial charge in [0.05, 0.1) is 54.6 Å². The van der Waals surface area contributed by atoms with Gasteiger partial charge >= 0.3 is 5.97 Å². The molecule has 2 N–H and O–H groups in total. The first-order chi connectivity index (χ1) is 31.9. The van der Waals surface area contributed by atoms with Gasteiger partial charge in [-0.15, -0.1) is 11.3 Å². The number of hydrogen-bond acceptors (Lipinski definition) is 13. The number of aromatic nitrogens is 3. The molecule has 0 radical (unpaired) electrons. The number of benzene rings is 1. The van der Waals surface area contributed by atoms with Crippen LogP contribution in [0.4, 0.5) is 0 Å².